The maximum Gasteiger partial charge on any atom is 0.0101 e. The zero-order valence-electron chi connectivity index (χ0n) is 7.69. The first kappa shape index (κ1) is 7.60. The fourth-order valence-corrected chi connectivity index (χ4v) is 2.84. The molecule has 1 saturated heterocycles. The second-order valence-corrected chi connectivity index (χ2v) is 4.87. The summed E-state index contributed by atoms with van der Waals surface area (Å²) in [6, 6.07) is 0.860. The van der Waals surface area contributed by atoms with Crippen molar-refractivity contribution in [3.8, 4) is 0 Å². The largest absolute Gasteiger partial charge is 0.313 e. The molecule has 0 amide bonds. The third-order valence-electron chi connectivity index (χ3n) is 3.59. The molecule has 0 aromatic rings. The van der Waals surface area contributed by atoms with E-state index in [9.17, 15) is 0 Å². The zero-order chi connectivity index (χ0) is 7.90. The number of hydrogen-bond donors (Lipinski definition) is 1. The van der Waals surface area contributed by atoms with Crippen LogP contribution in [-0.4, -0.2) is 12.6 Å². The molecule has 2 fully saturated rings. The average Bonchev–Trinajstić information content (AvgIpc) is 2.29. The standard InChI is InChI=1S/C10H19N/c1-10(2)7-11-9-6-4-3-5-8(9)10/h8-9,11H,3-7H2,1-2H3/t8-,9-/m1/s1. The van der Waals surface area contributed by atoms with Crippen molar-refractivity contribution >= 4 is 0 Å². The molecule has 0 unspecified atom stereocenters. The van der Waals surface area contributed by atoms with Crippen molar-refractivity contribution in [1.82, 2.24) is 5.32 Å². The number of hydrogen-bond acceptors (Lipinski definition) is 1. The van der Waals surface area contributed by atoms with Crippen molar-refractivity contribution in [3.05, 3.63) is 0 Å². The van der Waals surface area contributed by atoms with Gasteiger partial charge in [0.25, 0.3) is 0 Å². The molecule has 1 heteroatoms. The lowest BCUT2D eigenvalue weighted by atomic mass is 9.72. The van der Waals surface area contributed by atoms with E-state index in [0.29, 0.717) is 5.41 Å². The van der Waals surface area contributed by atoms with E-state index in [-0.39, 0.29) is 0 Å². The summed E-state index contributed by atoms with van der Waals surface area (Å²) < 4.78 is 0. The maximum atomic E-state index is 3.65. The van der Waals surface area contributed by atoms with E-state index in [1.807, 2.05) is 0 Å². The van der Waals surface area contributed by atoms with Crippen molar-refractivity contribution in [3.63, 3.8) is 0 Å². The van der Waals surface area contributed by atoms with Crippen LogP contribution in [0, 0.1) is 11.3 Å². The summed E-state index contributed by atoms with van der Waals surface area (Å²) in [6.45, 7) is 6.06. The van der Waals surface area contributed by atoms with E-state index in [0.717, 1.165) is 12.0 Å². The predicted molar refractivity (Wildman–Crippen MR) is 47.5 cm³/mol. The molecule has 64 valence electrons. The molecule has 2 aliphatic rings. The van der Waals surface area contributed by atoms with Gasteiger partial charge in [-0.3, -0.25) is 0 Å². The molecular weight excluding hydrogens is 134 g/mol. The Morgan fingerprint density at radius 2 is 1.91 bits per heavy atom. The molecule has 1 nitrogen and oxygen atoms in total. The van der Waals surface area contributed by atoms with Gasteiger partial charge in [-0.1, -0.05) is 26.7 Å². The molecule has 1 aliphatic carbocycles. The normalized spacial score (nSPS) is 42.0. The number of nitrogens with one attached hydrogen (secondary N) is 1. The van der Waals surface area contributed by atoms with Gasteiger partial charge < -0.3 is 5.32 Å². The lowest BCUT2D eigenvalue weighted by Crippen LogP contribution is -2.31. The average molecular weight is 153 g/mol. The third kappa shape index (κ3) is 1.20. The second kappa shape index (κ2) is 2.48. The van der Waals surface area contributed by atoms with Crippen LogP contribution in [0.1, 0.15) is 39.5 Å². The Morgan fingerprint density at radius 1 is 1.18 bits per heavy atom. The monoisotopic (exact) mass is 153 g/mol. The maximum absolute atomic E-state index is 3.65. The van der Waals surface area contributed by atoms with Crippen LogP contribution in [0.25, 0.3) is 0 Å². The van der Waals surface area contributed by atoms with Gasteiger partial charge in [-0.2, -0.15) is 0 Å². The molecule has 1 heterocycles. The first-order chi connectivity index (χ1) is 5.20. The van der Waals surface area contributed by atoms with Crippen LogP contribution in [0.3, 0.4) is 0 Å². The highest BCUT2D eigenvalue weighted by Gasteiger charge is 2.42. The summed E-state index contributed by atoms with van der Waals surface area (Å²) in [5.74, 6) is 0.969. The Bertz CT molecular complexity index is 151. The van der Waals surface area contributed by atoms with Crippen molar-refractivity contribution in [1.29, 1.82) is 0 Å². The van der Waals surface area contributed by atoms with Gasteiger partial charge in [-0.05, 0) is 24.2 Å². The number of rotatable bonds is 0. The molecule has 2 atom stereocenters. The summed E-state index contributed by atoms with van der Waals surface area (Å²) in [7, 11) is 0. The molecule has 2 rings (SSSR count). The molecule has 0 aromatic carbocycles. The van der Waals surface area contributed by atoms with E-state index < -0.39 is 0 Å². The van der Waals surface area contributed by atoms with Gasteiger partial charge >= 0.3 is 0 Å². The molecule has 0 radical (unpaired) electrons. The van der Waals surface area contributed by atoms with Crippen LogP contribution in [0.15, 0.2) is 0 Å². The van der Waals surface area contributed by atoms with Crippen LogP contribution in [0.4, 0.5) is 0 Å². The number of fused-ring (bicyclic) bond motifs is 1. The highest BCUT2D eigenvalue weighted by Crippen LogP contribution is 2.42. The van der Waals surface area contributed by atoms with Gasteiger partial charge in [0.1, 0.15) is 0 Å². The molecule has 0 spiro atoms. The Morgan fingerprint density at radius 3 is 2.64 bits per heavy atom. The first-order valence-corrected chi connectivity index (χ1v) is 4.93. The van der Waals surface area contributed by atoms with E-state index in [2.05, 4.69) is 19.2 Å². The van der Waals surface area contributed by atoms with E-state index in [1.165, 1.54) is 32.2 Å². The van der Waals surface area contributed by atoms with E-state index in [1.54, 1.807) is 0 Å². The minimum atomic E-state index is 0.574. The van der Waals surface area contributed by atoms with Gasteiger partial charge in [-0.25, -0.2) is 0 Å². The van der Waals surface area contributed by atoms with Crippen LogP contribution >= 0.6 is 0 Å². The molecule has 1 aliphatic heterocycles. The van der Waals surface area contributed by atoms with E-state index >= 15 is 0 Å². The lowest BCUT2D eigenvalue weighted by molar-refractivity contribution is 0.205. The van der Waals surface area contributed by atoms with Crippen LogP contribution in [0.5, 0.6) is 0 Å². The Hall–Kier alpha value is -0.0400. The first-order valence-electron chi connectivity index (χ1n) is 4.93. The minimum absolute atomic E-state index is 0.574. The molecule has 1 N–H and O–H groups in total. The Labute approximate surface area is 69.6 Å². The summed E-state index contributed by atoms with van der Waals surface area (Å²) >= 11 is 0. The molecule has 0 aromatic heterocycles. The molecule has 0 bridgehead atoms. The summed E-state index contributed by atoms with van der Waals surface area (Å²) in [5.41, 5.74) is 0.574. The van der Waals surface area contributed by atoms with Gasteiger partial charge in [0.2, 0.25) is 0 Å². The highest BCUT2D eigenvalue weighted by molar-refractivity contribution is 4.97. The summed E-state index contributed by atoms with van der Waals surface area (Å²) in [6.07, 6.45) is 5.80. The van der Waals surface area contributed by atoms with Crippen LogP contribution < -0.4 is 5.32 Å². The van der Waals surface area contributed by atoms with Crippen molar-refractivity contribution in [2.45, 2.75) is 45.6 Å². The fourth-order valence-electron chi connectivity index (χ4n) is 2.84. The Balaban J connectivity index is 2.10. The van der Waals surface area contributed by atoms with Gasteiger partial charge in [0.15, 0.2) is 0 Å². The zero-order valence-corrected chi connectivity index (χ0v) is 7.69. The highest BCUT2D eigenvalue weighted by atomic mass is 15.0. The van der Waals surface area contributed by atoms with Crippen molar-refractivity contribution in [2.75, 3.05) is 6.54 Å². The van der Waals surface area contributed by atoms with Gasteiger partial charge in [0.05, 0.1) is 0 Å². The van der Waals surface area contributed by atoms with Gasteiger partial charge in [-0.15, -0.1) is 0 Å². The van der Waals surface area contributed by atoms with Crippen LogP contribution in [-0.2, 0) is 0 Å². The Kier molecular flexibility index (Phi) is 1.71. The van der Waals surface area contributed by atoms with Crippen molar-refractivity contribution in [2.24, 2.45) is 11.3 Å². The minimum Gasteiger partial charge on any atom is -0.313 e. The smallest absolute Gasteiger partial charge is 0.0101 e. The van der Waals surface area contributed by atoms with E-state index in [4.69, 9.17) is 0 Å². The fraction of sp³-hybridized carbons (Fsp3) is 1.00. The lowest BCUT2D eigenvalue weighted by Gasteiger charge is -2.32. The third-order valence-corrected chi connectivity index (χ3v) is 3.59. The summed E-state index contributed by atoms with van der Waals surface area (Å²) in [4.78, 5) is 0. The molecule has 11 heavy (non-hydrogen) atoms. The van der Waals surface area contributed by atoms with Crippen molar-refractivity contribution < 1.29 is 0 Å². The van der Waals surface area contributed by atoms with Crippen LogP contribution in [0.2, 0.25) is 0 Å². The second-order valence-electron chi connectivity index (χ2n) is 4.87. The molecule has 1 saturated carbocycles. The topological polar surface area (TPSA) is 12.0 Å². The van der Waals surface area contributed by atoms with Gasteiger partial charge in [0, 0.05) is 12.6 Å². The quantitative estimate of drug-likeness (QED) is 0.562. The summed E-state index contributed by atoms with van der Waals surface area (Å²) in [5, 5.41) is 3.65. The predicted octanol–water partition coefficient (Wildman–Crippen LogP) is 2.17. The molecular formula is C10H19N. The SMILES string of the molecule is CC1(C)CN[C@@H]2CCCC[C@H]21.